The Morgan fingerprint density at radius 1 is 1.26 bits per heavy atom. The normalized spacial score (nSPS) is 10.3. The molecule has 2 nitrogen and oxygen atoms in total. The molecule has 0 heterocycles. The molecule has 2 aromatic carbocycles. The van der Waals surface area contributed by atoms with Gasteiger partial charge >= 0.3 is 0 Å². The molecule has 0 spiro atoms. The summed E-state index contributed by atoms with van der Waals surface area (Å²) in [6.07, 6.45) is 0.175. The first-order chi connectivity index (χ1) is 9.11. The number of carbonyl (C=O) groups excluding carboxylic acids is 1. The van der Waals surface area contributed by atoms with E-state index < -0.39 is 5.82 Å². The molecule has 0 radical (unpaired) electrons. The minimum Gasteiger partial charge on any atom is -0.494 e. The number of Topliss-reactive ketones (excluding diaryl/α,β-unsaturated/α-hetero) is 1. The molecule has 19 heavy (non-hydrogen) atoms. The summed E-state index contributed by atoms with van der Waals surface area (Å²) in [6, 6.07) is 11.2. The molecule has 2 rings (SSSR count). The first kappa shape index (κ1) is 13.6. The van der Waals surface area contributed by atoms with Crippen LogP contribution < -0.4 is 4.74 Å². The number of halogens is 2. The Morgan fingerprint density at radius 2 is 2.00 bits per heavy atom. The predicted molar refractivity (Wildman–Crippen MR) is 72.4 cm³/mol. The fourth-order valence-corrected chi connectivity index (χ4v) is 1.95. The zero-order chi connectivity index (χ0) is 13.8. The van der Waals surface area contributed by atoms with Gasteiger partial charge in [0.05, 0.1) is 7.11 Å². The molecule has 0 saturated carbocycles. The molecule has 98 valence electrons. The Balaban J connectivity index is 2.23. The van der Waals surface area contributed by atoms with Gasteiger partial charge in [-0.1, -0.05) is 29.8 Å². The first-order valence-corrected chi connectivity index (χ1v) is 6.09. The van der Waals surface area contributed by atoms with E-state index in [1.54, 1.807) is 18.2 Å². The topological polar surface area (TPSA) is 26.3 Å². The van der Waals surface area contributed by atoms with Gasteiger partial charge in [-0.05, 0) is 29.8 Å². The van der Waals surface area contributed by atoms with Crippen molar-refractivity contribution >= 4 is 17.4 Å². The van der Waals surface area contributed by atoms with Gasteiger partial charge in [-0.25, -0.2) is 4.39 Å². The van der Waals surface area contributed by atoms with Gasteiger partial charge in [0, 0.05) is 17.0 Å². The fraction of sp³-hybridized carbons (Fsp3) is 0.133. The van der Waals surface area contributed by atoms with E-state index in [-0.39, 0.29) is 18.0 Å². The summed E-state index contributed by atoms with van der Waals surface area (Å²) >= 11 is 6.00. The van der Waals surface area contributed by atoms with E-state index in [2.05, 4.69) is 0 Å². The molecule has 0 atom stereocenters. The molecular weight excluding hydrogens is 267 g/mol. The maximum atomic E-state index is 13.3. The highest BCUT2D eigenvalue weighted by Crippen LogP contribution is 2.21. The van der Waals surface area contributed by atoms with Crippen LogP contribution in [0.4, 0.5) is 4.39 Å². The first-order valence-electron chi connectivity index (χ1n) is 5.72. The zero-order valence-electron chi connectivity index (χ0n) is 10.3. The highest BCUT2D eigenvalue weighted by Gasteiger charge is 2.12. The number of hydrogen-bond donors (Lipinski definition) is 0. The summed E-state index contributed by atoms with van der Waals surface area (Å²) < 4.78 is 18.1. The van der Waals surface area contributed by atoms with Crippen molar-refractivity contribution < 1.29 is 13.9 Å². The molecule has 0 aromatic heterocycles. The predicted octanol–water partition coefficient (Wildman–Crippen LogP) is 3.91. The number of hydrogen-bond acceptors (Lipinski definition) is 2. The van der Waals surface area contributed by atoms with Gasteiger partial charge in [0.15, 0.2) is 17.3 Å². The van der Waals surface area contributed by atoms with Crippen molar-refractivity contribution in [3.8, 4) is 5.75 Å². The van der Waals surface area contributed by atoms with Crippen LogP contribution in [-0.4, -0.2) is 12.9 Å². The summed E-state index contributed by atoms with van der Waals surface area (Å²) in [5, 5.41) is 0.546. The fourth-order valence-electron chi connectivity index (χ4n) is 1.75. The molecule has 0 bridgehead atoms. The Bertz CT molecular complexity index is 611. The van der Waals surface area contributed by atoms with Crippen LogP contribution in [0, 0.1) is 5.82 Å². The van der Waals surface area contributed by atoms with Crippen LogP contribution in [0.1, 0.15) is 15.9 Å². The van der Waals surface area contributed by atoms with Crippen LogP contribution >= 0.6 is 11.6 Å². The average Bonchev–Trinajstić information content (AvgIpc) is 2.42. The van der Waals surface area contributed by atoms with Crippen LogP contribution in [0.5, 0.6) is 5.75 Å². The van der Waals surface area contributed by atoms with Gasteiger partial charge in [0.1, 0.15) is 0 Å². The lowest BCUT2D eigenvalue weighted by Crippen LogP contribution is -2.05. The smallest absolute Gasteiger partial charge is 0.167 e. The van der Waals surface area contributed by atoms with Crippen molar-refractivity contribution in [3.63, 3.8) is 0 Å². The standard InChI is InChI=1S/C15H12ClFO2/c1-19-15-9-11(6-7-13(15)17)14(18)8-10-4-2-3-5-12(10)16/h2-7,9H,8H2,1H3. The summed E-state index contributed by atoms with van der Waals surface area (Å²) in [5.74, 6) is -0.562. The quantitative estimate of drug-likeness (QED) is 0.793. The number of carbonyl (C=O) groups is 1. The SMILES string of the molecule is COc1cc(C(=O)Cc2ccccc2Cl)ccc1F. The third kappa shape index (κ3) is 3.12. The molecule has 0 fully saturated rings. The molecule has 0 amide bonds. The van der Waals surface area contributed by atoms with Crippen LogP contribution in [0.25, 0.3) is 0 Å². The van der Waals surface area contributed by atoms with E-state index in [0.29, 0.717) is 10.6 Å². The summed E-state index contributed by atoms with van der Waals surface area (Å²) in [4.78, 5) is 12.1. The lowest BCUT2D eigenvalue weighted by atomic mass is 10.0. The summed E-state index contributed by atoms with van der Waals surface area (Å²) in [7, 11) is 1.36. The highest BCUT2D eigenvalue weighted by molar-refractivity contribution is 6.31. The Labute approximate surface area is 115 Å². The Kier molecular flexibility index (Phi) is 4.17. The number of methoxy groups -OCH3 is 1. The molecule has 0 N–H and O–H groups in total. The molecule has 4 heteroatoms. The van der Waals surface area contributed by atoms with Crippen LogP contribution in [0.15, 0.2) is 42.5 Å². The third-order valence-electron chi connectivity index (χ3n) is 2.78. The maximum Gasteiger partial charge on any atom is 0.167 e. The summed E-state index contributed by atoms with van der Waals surface area (Å²) in [6.45, 7) is 0. The minimum absolute atomic E-state index is 0.0602. The Hall–Kier alpha value is -1.87. The molecular formula is C15H12ClFO2. The second-order valence-corrected chi connectivity index (χ2v) is 4.45. The average molecular weight is 279 g/mol. The molecule has 0 saturated heterocycles. The molecule has 0 aliphatic heterocycles. The van der Waals surface area contributed by atoms with Crippen molar-refractivity contribution in [2.75, 3.05) is 7.11 Å². The van der Waals surface area contributed by atoms with Gasteiger partial charge in [-0.15, -0.1) is 0 Å². The highest BCUT2D eigenvalue weighted by atomic mass is 35.5. The number of rotatable bonds is 4. The lowest BCUT2D eigenvalue weighted by molar-refractivity contribution is 0.0992. The third-order valence-corrected chi connectivity index (χ3v) is 3.15. The van der Waals surface area contributed by atoms with E-state index in [4.69, 9.17) is 16.3 Å². The van der Waals surface area contributed by atoms with Crippen LogP contribution in [0.3, 0.4) is 0 Å². The molecule has 0 unspecified atom stereocenters. The van der Waals surface area contributed by atoms with Crippen molar-refractivity contribution in [1.82, 2.24) is 0 Å². The number of benzene rings is 2. The van der Waals surface area contributed by atoms with E-state index in [1.807, 2.05) is 6.07 Å². The second-order valence-electron chi connectivity index (χ2n) is 4.04. The largest absolute Gasteiger partial charge is 0.494 e. The van der Waals surface area contributed by atoms with E-state index in [1.165, 1.54) is 25.3 Å². The van der Waals surface area contributed by atoms with E-state index in [9.17, 15) is 9.18 Å². The van der Waals surface area contributed by atoms with Gasteiger partial charge in [-0.2, -0.15) is 0 Å². The van der Waals surface area contributed by atoms with E-state index in [0.717, 1.165) is 5.56 Å². The number of ketones is 1. The molecule has 0 aliphatic carbocycles. The van der Waals surface area contributed by atoms with Gasteiger partial charge in [0.25, 0.3) is 0 Å². The van der Waals surface area contributed by atoms with Crippen LogP contribution in [0.2, 0.25) is 5.02 Å². The van der Waals surface area contributed by atoms with Crippen molar-refractivity contribution in [1.29, 1.82) is 0 Å². The molecule has 0 aliphatic rings. The summed E-state index contributed by atoms with van der Waals surface area (Å²) in [5.41, 5.74) is 1.15. The monoisotopic (exact) mass is 278 g/mol. The number of ether oxygens (including phenoxy) is 1. The van der Waals surface area contributed by atoms with Crippen molar-refractivity contribution in [3.05, 3.63) is 64.4 Å². The zero-order valence-corrected chi connectivity index (χ0v) is 11.1. The van der Waals surface area contributed by atoms with Crippen LogP contribution in [-0.2, 0) is 6.42 Å². The van der Waals surface area contributed by atoms with E-state index >= 15 is 0 Å². The van der Waals surface area contributed by atoms with Crippen molar-refractivity contribution in [2.45, 2.75) is 6.42 Å². The minimum atomic E-state index is -0.489. The van der Waals surface area contributed by atoms with Gasteiger partial charge in [0.2, 0.25) is 0 Å². The van der Waals surface area contributed by atoms with Crippen molar-refractivity contribution in [2.24, 2.45) is 0 Å². The van der Waals surface area contributed by atoms with Gasteiger partial charge in [-0.3, -0.25) is 4.79 Å². The maximum absolute atomic E-state index is 13.3. The Morgan fingerprint density at radius 3 is 2.68 bits per heavy atom. The van der Waals surface area contributed by atoms with Gasteiger partial charge < -0.3 is 4.74 Å². The molecule has 2 aromatic rings. The lowest BCUT2D eigenvalue weighted by Gasteiger charge is -2.06. The second kappa shape index (κ2) is 5.85.